The molecular formula is C14H18ClF2N3. The molecule has 0 fully saturated rings. The van der Waals surface area contributed by atoms with Crippen molar-refractivity contribution in [2.24, 2.45) is 0 Å². The van der Waals surface area contributed by atoms with Gasteiger partial charge in [-0.25, -0.2) is 8.78 Å². The largest absolute Gasteiger partial charge is 0.307 e. The van der Waals surface area contributed by atoms with E-state index in [0.29, 0.717) is 24.7 Å². The van der Waals surface area contributed by atoms with Crippen molar-refractivity contribution in [3.8, 4) is 0 Å². The van der Waals surface area contributed by atoms with Crippen LogP contribution >= 0.6 is 12.4 Å². The van der Waals surface area contributed by atoms with Crippen molar-refractivity contribution in [2.75, 3.05) is 0 Å². The van der Waals surface area contributed by atoms with Crippen molar-refractivity contribution < 1.29 is 8.78 Å². The highest BCUT2D eigenvalue weighted by Gasteiger charge is 2.03. The molecule has 0 bridgehead atoms. The van der Waals surface area contributed by atoms with Crippen LogP contribution < -0.4 is 5.32 Å². The smallest absolute Gasteiger partial charge is 0.126 e. The van der Waals surface area contributed by atoms with E-state index in [1.54, 1.807) is 0 Å². The predicted octanol–water partition coefficient (Wildman–Crippen LogP) is 3.45. The van der Waals surface area contributed by atoms with Crippen molar-refractivity contribution in [1.29, 1.82) is 0 Å². The second kappa shape index (κ2) is 7.36. The molecular weight excluding hydrogens is 284 g/mol. The third-order valence-corrected chi connectivity index (χ3v) is 2.75. The molecule has 1 heterocycles. The number of hydrogen-bond donors (Lipinski definition) is 1. The summed E-state index contributed by atoms with van der Waals surface area (Å²) < 4.78 is 27.8. The second-order valence-corrected chi connectivity index (χ2v) is 4.76. The summed E-state index contributed by atoms with van der Waals surface area (Å²) in [7, 11) is 0. The summed E-state index contributed by atoms with van der Waals surface area (Å²) in [5.74, 6) is -1.11. The summed E-state index contributed by atoms with van der Waals surface area (Å²) in [5.41, 5.74) is 1.49. The Balaban J connectivity index is 0.00000200. The van der Waals surface area contributed by atoms with Crippen LogP contribution in [0.2, 0.25) is 0 Å². The van der Waals surface area contributed by atoms with E-state index in [0.717, 1.165) is 11.8 Å². The summed E-state index contributed by atoms with van der Waals surface area (Å²) in [4.78, 5) is 0. The highest BCUT2D eigenvalue weighted by Crippen LogP contribution is 2.08. The molecule has 2 rings (SSSR count). The first-order valence-corrected chi connectivity index (χ1v) is 6.24. The molecule has 6 heteroatoms. The molecule has 20 heavy (non-hydrogen) atoms. The van der Waals surface area contributed by atoms with Gasteiger partial charge in [0.25, 0.3) is 0 Å². The molecule has 0 atom stereocenters. The van der Waals surface area contributed by atoms with E-state index in [9.17, 15) is 8.78 Å². The SMILES string of the molecule is CC(C)n1ccc(CNCc2cc(F)cc(F)c2)n1.Cl. The Morgan fingerprint density at radius 1 is 1.15 bits per heavy atom. The zero-order chi connectivity index (χ0) is 13.8. The summed E-state index contributed by atoms with van der Waals surface area (Å²) in [6, 6.07) is 5.77. The third-order valence-electron chi connectivity index (χ3n) is 2.75. The van der Waals surface area contributed by atoms with Crippen LogP contribution in [0.4, 0.5) is 8.78 Å². The maximum atomic E-state index is 13.0. The first kappa shape index (κ1) is 16.6. The number of rotatable bonds is 5. The fourth-order valence-corrected chi connectivity index (χ4v) is 1.81. The normalized spacial score (nSPS) is 10.7. The number of hydrogen-bond acceptors (Lipinski definition) is 2. The van der Waals surface area contributed by atoms with Crippen LogP contribution in [0.1, 0.15) is 31.1 Å². The lowest BCUT2D eigenvalue weighted by molar-refractivity contribution is 0.521. The van der Waals surface area contributed by atoms with E-state index >= 15 is 0 Å². The number of nitrogens with one attached hydrogen (secondary N) is 1. The highest BCUT2D eigenvalue weighted by atomic mass is 35.5. The van der Waals surface area contributed by atoms with Crippen molar-refractivity contribution in [2.45, 2.75) is 33.0 Å². The monoisotopic (exact) mass is 301 g/mol. The second-order valence-electron chi connectivity index (χ2n) is 4.76. The molecule has 3 nitrogen and oxygen atoms in total. The first-order chi connectivity index (χ1) is 9.04. The molecule has 0 amide bonds. The quantitative estimate of drug-likeness (QED) is 0.916. The van der Waals surface area contributed by atoms with Crippen LogP contribution in [0.5, 0.6) is 0 Å². The number of halogens is 3. The van der Waals surface area contributed by atoms with Crippen LogP contribution in [0.15, 0.2) is 30.5 Å². The maximum Gasteiger partial charge on any atom is 0.126 e. The Labute approximate surface area is 123 Å². The highest BCUT2D eigenvalue weighted by molar-refractivity contribution is 5.85. The van der Waals surface area contributed by atoms with Gasteiger partial charge in [0.05, 0.1) is 5.69 Å². The Morgan fingerprint density at radius 3 is 2.35 bits per heavy atom. The van der Waals surface area contributed by atoms with E-state index in [1.807, 2.05) is 16.9 Å². The lowest BCUT2D eigenvalue weighted by atomic mass is 10.2. The van der Waals surface area contributed by atoms with Crippen LogP contribution in [0.25, 0.3) is 0 Å². The van der Waals surface area contributed by atoms with Gasteiger partial charge in [0.15, 0.2) is 0 Å². The summed E-state index contributed by atoms with van der Waals surface area (Å²) in [5, 5.41) is 7.50. The fraction of sp³-hybridized carbons (Fsp3) is 0.357. The van der Waals surface area contributed by atoms with Gasteiger partial charge < -0.3 is 5.32 Å². The zero-order valence-electron chi connectivity index (χ0n) is 11.4. The predicted molar refractivity (Wildman–Crippen MR) is 76.8 cm³/mol. The van der Waals surface area contributed by atoms with Crippen molar-refractivity contribution in [3.63, 3.8) is 0 Å². The molecule has 0 saturated heterocycles. The Morgan fingerprint density at radius 2 is 1.80 bits per heavy atom. The zero-order valence-corrected chi connectivity index (χ0v) is 12.3. The van der Waals surface area contributed by atoms with Crippen molar-refractivity contribution in [3.05, 3.63) is 53.4 Å². The van der Waals surface area contributed by atoms with E-state index in [1.165, 1.54) is 12.1 Å². The molecule has 0 saturated carbocycles. The Bertz CT molecular complexity index is 535. The average Bonchev–Trinajstić information content (AvgIpc) is 2.76. The third kappa shape index (κ3) is 4.58. The average molecular weight is 302 g/mol. The maximum absolute atomic E-state index is 13.0. The van der Waals surface area contributed by atoms with Gasteiger partial charge in [0, 0.05) is 31.4 Å². The van der Waals surface area contributed by atoms with Crippen LogP contribution in [0.3, 0.4) is 0 Å². The first-order valence-electron chi connectivity index (χ1n) is 6.24. The van der Waals surface area contributed by atoms with E-state index < -0.39 is 11.6 Å². The van der Waals surface area contributed by atoms with Gasteiger partial charge in [-0.1, -0.05) is 0 Å². The van der Waals surface area contributed by atoms with Gasteiger partial charge in [0.2, 0.25) is 0 Å². The standard InChI is InChI=1S/C14H17F2N3.ClH/c1-10(2)19-4-3-14(18-19)9-17-8-11-5-12(15)7-13(16)6-11;/h3-7,10,17H,8-9H2,1-2H3;1H. The van der Waals surface area contributed by atoms with Crippen LogP contribution in [0, 0.1) is 11.6 Å². The molecule has 1 aromatic heterocycles. The lowest BCUT2D eigenvalue weighted by Crippen LogP contribution is -2.14. The van der Waals surface area contributed by atoms with Crippen molar-refractivity contribution in [1.82, 2.24) is 15.1 Å². The molecule has 1 aromatic carbocycles. The molecule has 0 unspecified atom stereocenters. The van der Waals surface area contributed by atoms with Gasteiger partial charge in [-0.15, -0.1) is 12.4 Å². The summed E-state index contributed by atoms with van der Waals surface area (Å²) in [6.45, 7) is 5.08. The van der Waals surface area contributed by atoms with Gasteiger partial charge in [-0.05, 0) is 37.6 Å². The minimum Gasteiger partial charge on any atom is -0.307 e. The van der Waals surface area contributed by atoms with Crippen molar-refractivity contribution >= 4 is 12.4 Å². The lowest BCUT2D eigenvalue weighted by Gasteiger charge is -2.05. The molecule has 0 aliphatic carbocycles. The molecule has 2 aromatic rings. The van der Waals surface area contributed by atoms with Gasteiger partial charge in [-0.2, -0.15) is 5.10 Å². The summed E-state index contributed by atoms with van der Waals surface area (Å²) >= 11 is 0. The number of benzene rings is 1. The molecule has 0 radical (unpaired) electrons. The summed E-state index contributed by atoms with van der Waals surface area (Å²) in [6.07, 6.45) is 1.92. The number of nitrogens with zero attached hydrogens (tertiary/aromatic N) is 2. The molecule has 0 spiro atoms. The van der Waals surface area contributed by atoms with Crippen LogP contribution in [-0.2, 0) is 13.1 Å². The van der Waals surface area contributed by atoms with Crippen LogP contribution in [-0.4, -0.2) is 9.78 Å². The van der Waals surface area contributed by atoms with Gasteiger partial charge in [0.1, 0.15) is 11.6 Å². The Kier molecular flexibility index (Phi) is 6.10. The minimum atomic E-state index is -0.555. The van der Waals surface area contributed by atoms with E-state index in [4.69, 9.17) is 0 Å². The minimum absolute atomic E-state index is 0. The molecule has 0 aliphatic heterocycles. The number of aromatic nitrogens is 2. The molecule has 1 N–H and O–H groups in total. The van der Waals surface area contributed by atoms with Gasteiger partial charge in [-0.3, -0.25) is 4.68 Å². The van der Waals surface area contributed by atoms with E-state index in [-0.39, 0.29) is 12.4 Å². The molecule has 110 valence electrons. The Hall–Kier alpha value is -1.46. The molecule has 0 aliphatic rings. The topological polar surface area (TPSA) is 29.9 Å². The van der Waals surface area contributed by atoms with E-state index in [2.05, 4.69) is 24.3 Å². The fourth-order valence-electron chi connectivity index (χ4n) is 1.81. The van der Waals surface area contributed by atoms with Gasteiger partial charge >= 0.3 is 0 Å².